The Morgan fingerprint density at radius 2 is 1.69 bits per heavy atom. The van der Waals surface area contributed by atoms with Gasteiger partial charge in [0.2, 0.25) is 11.8 Å². The molecule has 0 radical (unpaired) electrons. The number of hydrogen-bond acceptors (Lipinski definition) is 4. The predicted octanol–water partition coefficient (Wildman–Crippen LogP) is 5.47. The fourth-order valence-corrected chi connectivity index (χ4v) is 6.48. The van der Waals surface area contributed by atoms with Crippen LogP contribution >= 0.6 is 23.2 Å². The number of amides is 2. The third kappa shape index (κ3) is 6.76. The summed E-state index contributed by atoms with van der Waals surface area (Å²) in [6, 6.07) is 14.8. The number of likely N-dealkylation sites (tertiary alicyclic amines) is 1. The first-order chi connectivity index (χ1) is 18.5. The summed E-state index contributed by atoms with van der Waals surface area (Å²) in [6.07, 6.45) is 0.871. The van der Waals surface area contributed by atoms with Gasteiger partial charge in [-0.05, 0) is 55.2 Å². The molecule has 0 bridgehead atoms. The minimum Gasteiger partial charge on any atom is -0.481 e. The molecule has 210 valence electrons. The first-order valence-corrected chi connectivity index (χ1v) is 14.3. The zero-order valence-corrected chi connectivity index (χ0v) is 24.3. The van der Waals surface area contributed by atoms with Crippen molar-refractivity contribution < 1.29 is 19.5 Å². The topological polar surface area (TPSA) is 81.2 Å². The molecule has 2 aliphatic heterocycles. The zero-order chi connectivity index (χ0) is 28.3. The van der Waals surface area contributed by atoms with Crippen LogP contribution < -0.4 is 0 Å². The van der Waals surface area contributed by atoms with E-state index >= 15 is 0 Å². The Hall–Kier alpha value is -2.61. The summed E-state index contributed by atoms with van der Waals surface area (Å²) in [6.45, 7) is 9.20. The van der Waals surface area contributed by atoms with Crippen LogP contribution in [0.5, 0.6) is 0 Å². The Morgan fingerprint density at radius 3 is 2.28 bits per heavy atom. The lowest BCUT2D eigenvalue weighted by molar-refractivity contribution is -0.160. The van der Waals surface area contributed by atoms with Crippen molar-refractivity contribution in [1.29, 1.82) is 0 Å². The van der Waals surface area contributed by atoms with Crippen LogP contribution in [0.1, 0.15) is 63.1 Å². The third-order valence-corrected chi connectivity index (χ3v) is 8.77. The van der Waals surface area contributed by atoms with Gasteiger partial charge in [-0.1, -0.05) is 54.4 Å². The SMILES string of the molecule is CC(=O)N1CCN(CC[C@H](C)N2C(=O)[C@@](C)(CC(=O)O)C[C@H](c3cccc(Cl)c3)[C@H]2c2ccc(Cl)cc2)CC1. The molecule has 2 amide bonds. The summed E-state index contributed by atoms with van der Waals surface area (Å²) in [5.74, 6) is -1.19. The maximum absolute atomic E-state index is 14.2. The van der Waals surface area contributed by atoms with Gasteiger partial charge in [-0.2, -0.15) is 0 Å². The van der Waals surface area contributed by atoms with E-state index in [0.717, 1.165) is 37.2 Å². The number of piperazine rings is 1. The fraction of sp³-hybridized carbons (Fsp3) is 0.500. The predicted molar refractivity (Wildman–Crippen MR) is 153 cm³/mol. The van der Waals surface area contributed by atoms with E-state index in [1.165, 1.54) is 0 Å². The lowest BCUT2D eigenvalue weighted by atomic mass is 9.67. The Balaban J connectivity index is 1.69. The van der Waals surface area contributed by atoms with E-state index in [0.29, 0.717) is 29.6 Å². The Morgan fingerprint density at radius 1 is 1.03 bits per heavy atom. The maximum Gasteiger partial charge on any atom is 0.304 e. The van der Waals surface area contributed by atoms with Gasteiger partial charge in [-0.3, -0.25) is 19.3 Å². The highest BCUT2D eigenvalue weighted by Gasteiger charge is 2.51. The van der Waals surface area contributed by atoms with Gasteiger partial charge in [-0.25, -0.2) is 0 Å². The Labute approximate surface area is 240 Å². The summed E-state index contributed by atoms with van der Waals surface area (Å²) in [4.78, 5) is 44.0. The highest BCUT2D eigenvalue weighted by atomic mass is 35.5. The third-order valence-electron chi connectivity index (χ3n) is 8.29. The molecule has 0 aromatic heterocycles. The highest BCUT2D eigenvalue weighted by Crippen LogP contribution is 2.52. The van der Waals surface area contributed by atoms with Gasteiger partial charge >= 0.3 is 5.97 Å². The molecule has 2 aromatic carbocycles. The summed E-state index contributed by atoms with van der Waals surface area (Å²) in [5.41, 5.74) is 0.865. The Bertz CT molecular complexity index is 1200. The minimum atomic E-state index is -1.07. The average Bonchev–Trinajstić information content (AvgIpc) is 2.89. The molecule has 2 fully saturated rings. The fourth-order valence-electron chi connectivity index (χ4n) is 6.16. The number of hydrogen-bond donors (Lipinski definition) is 1. The van der Waals surface area contributed by atoms with Crippen LogP contribution in [0.2, 0.25) is 10.0 Å². The average molecular weight is 575 g/mol. The van der Waals surface area contributed by atoms with E-state index in [9.17, 15) is 19.5 Å². The molecule has 2 aliphatic rings. The molecular weight excluding hydrogens is 537 g/mol. The number of carbonyl (C=O) groups excluding carboxylic acids is 2. The summed E-state index contributed by atoms with van der Waals surface area (Å²) in [5, 5.41) is 11.0. The van der Waals surface area contributed by atoms with Crippen LogP contribution in [-0.2, 0) is 14.4 Å². The standard InChI is InChI=1S/C30H37Cl2N3O4/c1-20(11-12-33-13-15-34(16-14-33)21(2)36)35-28(22-7-9-24(31)10-8-22)26(23-5-4-6-25(32)17-23)18-30(3,29(35)39)19-27(37)38/h4-10,17,20,26,28H,11-16,18-19H2,1-3H3,(H,37,38)/t20-,26+,28+,30+/m0/s1. The van der Waals surface area contributed by atoms with Crippen molar-refractivity contribution in [2.75, 3.05) is 32.7 Å². The lowest BCUT2D eigenvalue weighted by Gasteiger charge is -2.51. The monoisotopic (exact) mass is 573 g/mol. The summed E-state index contributed by atoms with van der Waals surface area (Å²) in [7, 11) is 0. The second kappa shape index (κ2) is 12.3. The molecule has 0 unspecified atom stereocenters. The maximum atomic E-state index is 14.2. The minimum absolute atomic E-state index is 0.0949. The molecule has 4 rings (SSSR count). The molecule has 7 nitrogen and oxygen atoms in total. The van der Waals surface area contributed by atoms with Crippen LogP contribution in [0.25, 0.3) is 0 Å². The molecule has 0 saturated carbocycles. The highest BCUT2D eigenvalue weighted by molar-refractivity contribution is 6.30. The van der Waals surface area contributed by atoms with Gasteiger partial charge in [0.25, 0.3) is 0 Å². The molecule has 0 spiro atoms. The van der Waals surface area contributed by atoms with Crippen LogP contribution in [-0.4, -0.2) is 76.4 Å². The second-order valence-corrected chi connectivity index (χ2v) is 12.1. The smallest absolute Gasteiger partial charge is 0.304 e. The van der Waals surface area contributed by atoms with E-state index in [1.807, 2.05) is 65.3 Å². The first-order valence-electron chi connectivity index (χ1n) is 13.5. The zero-order valence-electron chi connectivity index (χ0n) is 22.8. The van der Waals surface area contributed by atoms with Crippen molar-refractivity contribution >= 4 is 41.0 Å². The number of carboxylic acid groups (broad SMARTS) is 1. The van der Waals surface area contributed by atoms with Crippen LogP contribution in [0, 0.1) is 5.41 Å². The molecule has 4 atom stereocenters. The molecule has 2 heterocycles. The second-order valence-electron chi connectivity index (χ2n) is 11.2. The number of nitrogens with zero attached hydrogens (tertiary/aromatic N) is 3. The number of carboxylic acids is 1. The van der Waals surface area contributed by atoms with Gasteiger partial charge in [0.15, 0.2) is 0 Å². The number of rotatable bonds is 8. The molecule has 39 heavy (non-hydrogen) atoms. The molecule has 9 heteroatoms. The normalized spacial score (nSPS) is 25.0. The van der Waals surface area contributed by atoms with E-state index < -0.39 is 11.4 Å². The first kappa shape index (κ1) is 29.4. The molecule has 0 aliphatic carbocycles. The lowest BCUT2D eigenvalue weighted by Crippen LogP contribution is -2.56. The van der Waals surface area contributed by atoms with Crippen molar-refractivity contribution in [1.82, 2.24) is 14.7 Å². The molecule has 1 N–H and O–H groups in total. The van der Waals surface area contributed by atoms with Crippen molar-refractivity contribution in [3.63, 3.8) is 0 Å². The van der Waals surface area contributed by atoms with Crippen LogP contribution in [0.15, 0.2) is 48.5 Å². The molecule has 2 saturated heterocycles. The van der Waals surface area contributed by atoms with E-state index in [1.54, 1.807) is 13.8 Å². The Kier molecular flexibility index (Phi) is 9.25. The van der Waals surface area contributed by atoms with Crippen LogP contribution in [0.3, 0.4) is 0 Å². The summed E-state index contributed by atoms with van der Waals surface area (Å²) < 4.78 is 0. The quantitative estimate of drug-likeness (QED) is 0.452. The number of halogens is 2. The van der Waals surface area contributed by atoms with Gasteiger partial charge in [-0.15, -0.1) is 0 Å². The molecule has 2 aromatic rings. The van der Waals surface area contributed by atoms with Gasteiger partial charge in [0.05, 0.1) is 17.9 Å². The van der Waals surface area contributed by atoms with E-state index in [-0.39, 0.29) is 36.2 Å². The van der Waals surface area contributed by atoms with Crippen LogP contribution in [0.4, 0.5) is 0 Å². The van der Waals surface area contributed by atoms with Crippen molar-refractivity contribution in [2.24, 2.45) is 5.41 Å². The van der Waals surface area contributed by atoms with E-state index in [2.05, 4.69) is 4.90 Å². The number of carbonyl (C=O) groups is 3. The summed E-state index contributed by atoms with van der Waals surface area (Å²) >= 11 is 12.6. The van der Waals surface area contributed by atoms with Crippen molar-refractivity contribution in [2.45, 2.75) is 58.0 Å². The number of benzene rings is 2. The van der Waals surface area contributed by atoms with Gasteiger partial charge in [0.1, 0.15) is 0 Å². The number of piperidine rings is 1. The van der Waals surface area contributed by atoms with Gasteiger partial charge in [0, 0.05) is 61.7 Å². The molecular formula is C30H37Cl2N3O4. The van der Waals surface area contributed by atoms with E-state index in [4.69, 9.17) is 23.2 Å². The van der Waals surface area contributed by atoms with Crippen molar-refractivity contribution in [3.8, 4) is 0 Å². The van der Waals surface area contributed by atoms with Gasteiger partial charge < -0.3 is 14.9 Å². The largest absolute Gasteiger partial charge is 0.481 e. The van der Waals surface area contributed by atoms with Crippen molar-refractivity contribution in [3.05, 3.63) is 69.7 Å². The number of aliphatic carboxylic acids is 1.